The van der Waals surface area contributed by atoms with Gasteiger partial charge in [-0.05, 0) is 54.1 Å². The highest BCUT2D eigenvalue weighted by molar-refractivity contribution is 7.99. The summed E-state index contributed by atoms with van der Waals surface area (Å²) in [4.78, 5) is 14.0. The lowest BCUT2D eigenvalue weighted by Gasteiger charge is -2.12. The van der Waals surface area contributed by atoms with Crippen LogP contribution in [0.15, 0.2) is 58.8 Å². The van der Waals surface area contributed by atoms with E-state index in [0.717, 1.165) is 33.5 Å². The number of methoxy groups -OCH3 is 2. The number of phenolic OH excluding ortho intramolecular Hbond substituents is 1. The molecule has 0 saturated heterocycles. The molecule has 0 unspecified atom stereocenters. The quantitative estimate of drug-likeness (QED) is 0.465. The van der Waals surface area contributed by atoms with Crippen LogP contribution in [0.4, 0.5) is 5.82 Å². The summed E-state index contributed by atoms with van der Waals surface area (Å²) < 4.78 is 12.9. The molecule has 154 valence electrons. The Kier molecular flexibility index (Phi) is 5.62. The lowest BCUT2D eigenvalue weighted by molar-refractivity contribution is 0.394. The number of imidazole rings is 1. The highest BCUT2D eigenvalue weighted by atomic mass is 32.2. The number of fused-ring (bicyclic) bond motifs is 1. The van der Waals surface area contributed by atoms with Crippen LogP contribution in [0.2, 0.25) is 0 Å². The Morgan fingerprint density at radius 1 is 1.07 bits per heavy atom. The van der Waals surface area contributed by atoms with Crippen LogP contribution in [0.1, 0.15) is 5.56 Å². The van der Waals surface area contributed by atoms with Gasteiger partial charge in [0.1, 0.15) is 23.6 Å². The maximum Gasteiger partial charge on any atom is 0.175 e. The SMILES string of the molecule is COc1ccc(OC)c(Sc2nc3c(N)ncnc3n2CCc2ccc(O)cc2)c1. The Hall–Kier alpha value is -3.46. The van der Waals surface area contributed by atoms with Crippen molar-refractivity contribution in [1.82, 2.24) is 19.5 Å². The molecule has 4 rings (SSSR count). The van der Waals surface area contributed by atoms with Gasteiger partial charge in [0.05, 0.1) is 19.1 Å². The van der Waals surface area contributed by atoms with Crippen molar-refractivity contribution in [2.24, 2.45) is 0 Å². The van der Waals surface area contributed by atoms with E-state index < -0.39 is 0 Å². The van der Waals surface area contributed by atoms with E-state index >= 15 is 0 Å². The minimum atomic E-state index is 0.244. The number of aryl methyl sites for hydroxylation is 2. The van der Waals surface area contributed by atoms with Gasteiger partial charge in [-0.1, -0.05) is 12.1 Å². The first kappa shape index (κ1) is 19.8. The third-order valence-electron chi connectivity index (χ3n) is 4.66. The Labute approximate surface area is 177 Å². The molecule has 4 aromatic rings. The molecular weight excluding hydrogens is 402 g/mol. The number of rotatable bonds is 7. The van der Waals surface area contributed by atoms with Crippen molar-refractivity contribution >= 4 is 28.7 Å². The van der Waals surface area contributed by atoms with Crippen LogP contribution in [-0.2, 0) is 13.0 Å². The van der Waals surface area contributed by atoms with Crippen molar-refractivity contribution in [3.63, 3.8) is 0 Å². The van der Waals surface area contributed by atoms with E-state index in [9.17, 15) is 5.11 Å². The Morgan fingerprint density at radius 2 is 1.87 bits per heavy atom. The van der Waals surface area contributed by atoms with Crippen molar-refractivity contribution in [1.29, 1.82) is 0 Å². The maximum absolute atomic E-state index is 9.51. The molecule has 0 aliphatic rings. The number of aromatic nitrogens is 4. The summed E-state index contributed by atoms with van der Waals surface area (Å²) in [7, 11) is 3.25. The van der Waals surface area contributed by atoms with Crippen molar-refractivity contribution < 1.29 is 14.6 Å². The second kappa shape index (κ2) is 8.50. The van der Waals surface area contributed by atoms with Gasteiger partial charge in [-0.3, -0.25) is 0 Å². The predicted octanol–water partition coefficient (Wildman–Crippen LogP) is 3.53. The van der Waals surface area contributed by atoms with Gasteiger partial charge in [0.15, 0.2) is 22.1 Å². The fraction of sp³-hybridized carbons (Fsp3) is 0.190. The fourth-order valence-corrected chi connectivity index (χ4v) is 4.13. The molecule has 2 aromatic heterocycles. The van der Waals surface area contributed by atoms with E-state index in [-0.39, 0.29) is 5.75 Å². The van der Waals surface area contributed by atoms with Gasteiger partial charge in [-0.2, -0.15) is 0 Å². The Balaban J connectivity index is 1.73. The number of nitrogens with two attached hydrogens (primary N) is 1. The summed E-state index contributed by atoms with van der Waals surface area (Å²) in [6.07, 6.45) is 2.18. The molecule has 0 spiro atoms. The molecular formula is C21H21N5O3S. The molecule has 30 heavy (non-hydrogen) atoms. The average Bonchev–Trinajstić information content (AvgIpc) is 3.11. The summed E-state index contributed by atoms with van der Waals surface area (Å²) in [5.74, 6) is 2.03. The highest BCUT2D eigenvalue weighted by Crippen LogP contribution is 2.38. The third-order valence-corrected chi connectivity index (χ3v) is 5.69. The zero-order chi connectivity index (χ0) is 21.1. The summed E-state index contributed by atoms with van der Waals surface area (Å²) in [5.41, 5.74) is 8.37. The minimum absolute atomic E-state index is 0.244. The molecule has 0 atom stereocenters. The van der Waals surface area contributed by atoms with Gasteiger partial charge in [0.2, 0.25) is 0 Å². The number of nitrogens with zero attached hydrogens (tertiary/aromatic N) is 4. The number of phenols is 1. The van der Waals surface area contributed by atoms with Gasteiger partial charge in [-0.15, -0.1) is 0 Å². The number of ether oxygens (including phenoxy) is 2. The summed E-state index contributed by atoms with van der Waals surface area (Å²) in [6, 6.07) is 12.8. The summed E-state index contributed by atoms with van der Waals surface area (Å²) >= 11 is 1.45. The van der Waals surface area contributed by atoms with Crippen LogP contribution in [0.25, 0.3) is 11.2 Å². The summed E-state index contributed by atoms with van der Waals surface area (Å²) in [6.45, 7) is 0.631. The van der Waals surface area contributed by atoms with E-state index in [4.69, 9.17) is 20.2 Å². The smallest absolute Gasteiger partial charge is 0.175 e. The molecule has 3 N–H and O–H groups in total. The second-order valence-electron chi connectivity index (χ2n) is 6.51. The number of hydrogen-bond donors (Lipinski definition) is 2. The van der Waals surface area contributed by atoms with E-state index in [0.29, 0.717) is 23.5 Å². The van der Waals surface area contributed by atoms with Gasteiger partial charge in [-0.25, -0.2) is 15.0 Å². The summed E-state index contributed by atoms with van der Waals surface area (Å²) in [5, 5.41) is 10.2. The second-order valence-corrected chi connectivity index (χ2v) is 7.52. The molecule has 0 aliphatic heterocycles. The van der Waals surface area contributed by atoms with Crippen LogP contribution in [0, 0.1) is 0 Å². The largest absolute Gasteiger partial charge is 0.508 e. The van der Waals surface area contributed by atoms with E-state index in [1.807, 2.05) is 34.9 Å². The van der Waals surface area contributed by atoms with Gasteiger partial charge in [0.25, 0.3) is 0 Å². The third kappa shape index (κ3) is 3.97. The van der Waals surface area contributed by atoms with Crippen LogP contribution >= 0.6 is 11.8 Å². The first-order chi connectivity index (χ1) is 14.6. The van der Waals surface area contributed by atoms with E-state index in [1.165, 1.54) is 18.1 Å². The van der Waals surface area contributed by atoms with E-state index in [2.05, 4.69) is 9.97 Å². The zero-order valence-corrected chi connectivity index (χ0v) is 17.4. The number of anilines is 1. The number of aromatic hydroxyl groups is 1. The lowest BCUT2D eigenvalue weighted by atomic mass is 10.1. The monoisotopic (exact) mass is 423 g/mol. The van der Waals surface area contributed by atoms with E-state index in [1.54, 1.807) is 26.4 Å². The Bertz CT molecular complexity index is 1180. The maximum atomic E-state index is 9.51. The van der Waals surface area contributed by atoms with Gasteiger partial charge >= 0.3 is 0 Å². The molecule has 9 heteroatoms. The van der Waals surface area contributed by atoms with Crippen LogP contribution in [-0.4, -0.2) is 38.8 Å². The average molecular weight is 423 g/mol. The van der Waals surface area contributed by atoms with Crippen LogP contribution in [0.3, 0.4) is 0 Å². The number of hydrogen-bond acceptors (Lipinski definition) is 8. The molecule has 8 nitrogen and oxygen atoms in total. The molecule has 0 aliphatic carbocycles. The number of nitrogen functional groups attached to an aromatic ring is 1. The highest BCUT2D eigenvalue weighted by Gasteiger charge is 2.18. The predicted molar refractivity (Wildman–Crippen MR) is 115 cm³/mol. The van der Waals surface area contributed by atoms with Crippen molar-refractivity contribution in [3.05, 3.63) is 54.4 Å². The van der Waals surface area contributed by atoms with Crippen molar-refractivity contribution in [3.8, 4) is 17.2 Å². The Morgan fingerprint density at radius 3 is 2.60 bits per heavy atom. The first-order valence-electron chi connectivity index (χ1n) is 9.23. The number of benzene rings is 2. The normalized spacial score (nSPS) is 11.0. The van der Waals surface area contributed by atoms with Crippen molar-refractivity contribution in [2.75, 3.05) is 20.0 Å². The molecule has 0 fully saturated rings. The van der Waals surface area contributed by atoms with Gasteiger partial charge in [0, 0.05) is 6.54 Å². The minimum Gasteiger partial charge on any atom is -0.508 e. The van der Waals surface area contributed by atoms with Crippen LogP contribution < -0.4 is 15.2 Å². The molecule has 0 saturated carbocycles. The van der Waals surface area contributed by atoms with Crippen molar-refractivity contribution in [2.45, 2.75) is 23.0 Å². The lowest BCUT2D eigenvalue weighted by Crippen LogP contribution is -2.04. The standard InChI is InChI=1S/C21H21N5O3S/c1-28-15-7-8-16(29-2)17(11-15)30-21-25-18-19(22)23-12-24-20(18)26(21)10-9-13-3-5-14(27)6-4-13/h3-8,11-12,27H,9-10H2,1-2H3,(H2,22,23,24). The molecule has 0 radical (unpaired) electrons. The topological polar surface area (TPSA) is 108 Å². The molecule has 0 amide bonds. The fourth-order valence-electron chi connectivity index (χ4n) is 3.08. The van der Waals surface area contributed by atoms with Crippen LogP contribution in [0.5, 0.6) is 17.2 Å². The zero-order valence-electron chi connectivity index (χ0n) is 16.6. The molecule has 0 bridgehead atoms. The van der Waals surface area contributed by atoms with Gasteiger partial charge < -0.3 is 24.9 Å². The molecule has 2 heterocycles. The molecule has 2 aromatic carbocycles. The first-order valence-corrected chi connectivity index (χ1v) is 10.0.